The van der Waals surface area contributed by atoms with E-state index in [1.165, 1.54) is 6.92 Å². The van der Waals surface area contributed by atoms with E-state index in [9.17, 15) is 9.59 Å². The summed E-state index contributed by atoms with van der Waals surface area (Å²) in [5, 5.41) is 15.5. The van der Waals surface area contributed by atoms with Gasteiger partial charge >= 0.3 is 0 Å². The van der Waals surface area contributed by atoms with Crippen LogP contribution in [-0.2, 0) is 11.3 Å². The second kappa shape index (κ2) is 7.65. The summed E-state index contributed by atoms with van der Waals surface area (Å²) >= 11 is 0. The highest BCUT2D eigenvalue weighted by Gasteiger charge is 2.45. The van der Waals surface area contributed by atoms with Gasteiger partial charge in [-0.1, -0.05) is 0 Å². The Morgan fingerprint density at radius 3 is 2.43 bits per heavy atom. The van der Waals surface area contributed by atoms with Crippen LogP contribution in [0.5, 0.6) is 0 Å². The fraction of sp³-hybridized carbons (Fsp3) is 0.579. The monoisotopic (exact) mass is 385 g/mol. The van der Waals surface area contributed by atoms with E-state index in [1.54, 1.807) is 9.47 Å². The molecule has 9 nitrogen and oxygen atoms in total. The van der Waals surface area contributed by atoms with Gasteiger partial charge in [-0.25, -0.2) is 9.98 Å². The molecular formula is C19H27N7O2. The van der Waals surface area contributed by atoms with Gasteiger partial charge in [0, 0.05) is 24.5 Å². The fourth-order valence-electron chi connectivity index (χ4n) is 4.73. The second-order valence-electron chi connectivity index (χ2n) is 7.48. The molecule has 1 aromatic heterocycles. The molecule has 4 N–H and O–H groups in total. The first-order valence-corrected chi connectivity index (χ1v) is 9.61. The van der Waals surface area contributed by atoms with Crippen LogP contribution in [0.25, 0.3) is 0 Å². The maximum atomic E-state index is 12.6. The molecule has 2 aliphatic heterocycles. The van der Waals surface area contributed by atoms with Crippen molar-refractivity contribution in [2.75, 3.05) is 0 Å². The number of rotatable bonds is 4. The standard InChI is InChI=1S/C19H27N7O2/c1-4-25-11(3)24-16(15(10(2)27)18(25)22)12-7-13-5-6-14(8-12)26(13)19(28)17(21)23-9-20/h9,12-14,22H,4-8H2,1-3H3,(H3,20,21,23). The first kappa shape index (κ1) is 19.9. The first-order chi connectivity index (χ1) is 13.3. The highest BCUT2D eigenvalue weighted by molar-refractivity contribution is 6.38. The van der Waals surface area contributed by atoms with Crippen LogP contribution in [0.2, 0.25) is 0 Å². The molecular weight excluding hydrogens is 358 g/mol. The van der Waals surface area contributed by atoms with E-state index < -0.39 is 0 Å². The number of aliphatic imine (C=N–C) groups is 1. The van der Waals surface area contributed by atoms with Gasteiger partial charge < -0.3 is 15.2 Å². The summed E-state index contributed by atoms with van der Waals surface area (Å²) in [5.41, 5.74) is 7.00. The summed E-state index contributed by atoms with van der Waals surface area (Å²) in [4.78, 5) is 35.1. The number of nitrogens with two attached hydrogens (primary N) is 1. The fourth-order valence-corrected chi connectivity index (χ4v) is 4.73. The van der Waals surface area contributed by atoms with Gasteiger partial charge in [-0.05, 0) is 46.5 Å². The van der Waals surface area contributed by atoms with E-state index in [1.807, 2.05) is 13.8 Å². The van der Waals surface area contributed by atoms with Crippen LogP contribution in [0.15, 0.2) is 4.99 Å². The number of amides is 1. The number of aryl methyl sites for hydroxylation is 1. The first-order valence-electron chi connectivity index (χ1n) is 9.61. The smallest absolute Gasteiger partial charge is 0.289 e. The molecule has 0 radical (unpaired) electrons. The molecule has 28 heavy (non-hydrogen) atoms. The molecule has 2 saturated heterocycles. The van der Waals surface area contributed by atoms with Gasteiger partial charge in [-0.3, -0.25) is 20.4 Å². The van der Waals surface area contributed by atoms with Gasteiger partial charge in [-0.2, -0.15) is 0 Å². The number of carbonyl (C=O) groups excluding carboxylic acids is 2. The Balaban J connectivity index is 1.96. The summed E-state index contributed by atoms with van der Waals surface area (Å²) in [6.07, 6.45) is 3.88. The Hall–Kier alpha value is -2.84. The van der Waals surface area contributed by atoms with Gasteiger partial charge in [0.05, 0.1) is 11.3 Å². The second-order valence-corrected chi connectivity index (χ2v) is 7.48. The molecule has 150 valence electrons. The van der Waals surface area contributed by atoms with E-state index in [0.717, 1.165) is 25.0 Å². The zero-order valence-corrected chi connectivity index (χ0v) is 16.5. The van der Waals surface area contributed by atoms with Crippen molar-refractivity contribution in [1.29, 1.82) is 10.8 Å². The van der Waals surface area contributed by atoms with Gasteiger partial charge in [0.25, 0.3) is 5.91 Å². The van der Waals surface area contributed by atoms with Crippen molar-refractivity contribution < 1.29 is 9.59 Å². The lowest BCUT2D eigenvalue weighted by Gasteiger charge is -2.39. The number of nitrogens with zero attached hydrogens (tertiary/aromatic N) is 4. The van der Waals surface area contributed by atoms with Crippen LogP contribution >= 0.6 is 0 Å². The average Bonchev–Trinajstić information content (AvgIpc) is 2.90. The molecule has 1 amide bonds. The molecule has 2 aliphatic rings. The van der Waals surface area contributed by atoms with Crippen molar-refractivity contribution in [3.05, 3.63) is 22.6 Å². The molecule has 0 saturated carbocycles. The van der Waals surface area contributed by atoms with Crippen molar-refractivity contribution in [2.24, 2.45) is 10.7 Å². The van der Waals surface area contributed by atoms with Crippen LogP contribution in [0.1, 0.15) is 67.3 Å². The Morgan fingerprint density at radius 1 is 1.32 bits per heavy atom. The molecule has 2 bridgehead atoms. The number of hydrogen-bond donors (Lipinski definition) is 3. The largest absolute Gasteiger partial charge is 0.379 e. The summed E-state index contributed by atoms with van der Waals surface area (Å²) in [6, 6.07) is 0.00988. The lowest BCUT2D eigenvalue weighted by atomic mass is 9.85. The van der Waals surface area contributed by atoms with Crippen LogP contribution < -0.4 is 11.2 Å². The Kier molecular flexibility index (Phi) is 5.44. The van der Waals surface area contributed by atoms with Crippen LogP contribution in [0.3, 0.4) is 0 Å². The van der Waals surface area contributed by atoms with Gasteiger partial charge in [0.1, 0.15) is 17.7 Å². The molecule has 2 fully saturated rings. The van der Waals surface area contributed by atoms with Crippen molar-refractivity contribution in [3.8, 4) is 0 Å². The van der Waals surface area contributed by atoms with Gasteiger partial charge in [-0.15, -0.1) is 0 Å². The zero-order valence-electron chi connectivity index (χ0n) is 16.5. The SMILES string of the molecule is CCn1c(C)nc(C2CC3CCC(C2)N3C(=O)C(N)=NC=N)c(C(C)=O)c1=N. The summed E-state index contributed by atoms with van der Waals surface area (Å²) in [6.45, 7) is 5.86. The highest BCUT2D eigenvalue weighted by Crippen LogP contribution is 2.43. The Bertz CT molecular complexity index is 904. The van der Waals surface area contributed by atoms with Crippen LogP contribution in [0.4, 0.5) is 0 Å². The number of Topliss-reactive ketones (excluding diaryl/α,β-unsaturated/α-hetero) is 1. The molecule has 0 spiro atoms. The molecule has 2 atom stereocenters. The van der Waals surface area contributed by atoms with Gasteiger partial charge in [0.2, 0.25) is 0 Å². The van der Waals surface area contributed by atoms with Crippen molar-refractivity contribution in [3.63, 3.8) is 0 Å². The van der Waals surface area contributed by atoms with Crippen molar-refractivity contribution in [2.45, 2.75) is 71.0 Å². The predicted octanol–water partition coefficient (Wildman–Crippen LogP) is 1.09. The van der Waals surface area contributed by atoms with E-state index in [-0.39, 0.29) is 41.0 Å². The highest BCUT2D eigenvalue weighted by atomic mass is 16.2. The minimum Gasteiger partial charge on any atom is -0.379 e. The Morgan fingerprint density at radius 2 is 1.93 bits per heavy atom. The molecule has 3 heterocycles. The molecule has 0 aliphatic carbocycles. The normalized spacial score (nSPS) is 24.3. The molecule has 1 aromatic rings. The lowest BCUT2D eigenvalue weighted by Crippen LogP contribution is -2.51. The topological polar surface area (TPSA) is 141 Å². The minimum absolute atomic E-state index is 0.00494. The number of amidine groups is 1. The van der Waals surface area contributed by atoms with E-state index in [4.69, 9.17) is 21.5 Å². The molecule has 2 unspecified atom stereocenters. The maximum Gasteiger partial charge on any atom is 0.289 e. The third kappa shape index (κ3) is 3.25. The number of hydrogen-bond acceptors (Lipinski definition) is 5. The van der Waals surface area contributed by atoms with E-state index in [0.29, 0.717) is 30.6 Å². The third-order valence-corrected chi connectivity index (χ3v) is 5.88. The number of ketones is 1. The number of aromatic nitrogens is 2. The van der Waals surface area contributed by atoms with Crippen LogP contribution in [0, 0.1) is 17.7 Å². The zero-order chi connectivity index (χ0) is 20.6. The van der Waals surface area contributed by atoms with Crippen molar-refractivity contribution >= 4 is 23.9 Å². The van der Waals surface area contributed by atoms with E-state index in [2.05, 4.69) is 4.99 Å². The number of carbonyl (C=O) groups is 2. The summed E-state index contributed by atoms with van der Waals surface area (Å²) in [5.74, 6) is 0.101. The lowest BCUT2D eigenvalue weighted by molar-refractivity contribution is -0.128. The third-order valence-electron chi connectivity index (χ3n) is 5.88. The molecule has 9 heteroatoms. The van der Waals surface area contributed by atoms with Crippen molar-refractivity contribution in [1.82, 2.24) is 14.5 Å². The number of piperidine rings is 1. The Labute approximate surface area is 163 Å². The summed E-state index contributed by atoms with van der Waals surface area (Å²) < 4.78 is 1.74. The molecule has 3 rings (SSSR count). The number of fused-ring (bicyclic) bond motifs is 2. The maximum absolute atomic E-state index is 12.6. The van der Waals surface area contributed by atoms with Crippen LogP contribution in [-0.4, -0.2) is 50.4 Å². The molecule has 0 aromatic carbocycles. The quantitative estimate of drug-likeness (QED) is 0.405. The van der Waals surface area contributed by atoms with E-state index >= 15 is 0 Å². The number of nitrogens with one attached hydrogen (secondary N) is 2. The average molecular weight is 385 g/mol. The summed E-state index contributed by atoms with van der Waals surface area (Å²) in [7, 11) is 0. The predicted molar refractivity (Wildman–Crippen MR) is 105 cm³/mol. The van der Waals surface area contributed by atoms with Gasteiger partial charge in [0.15, 0.2) is 11.6 Å². The minimum atomic E-state index is -0.330.